The van der Waals surface area contributed by atoms with E-state index in [1.165, 1.54) is 11.3 Å². The van der Waals surface area contributed by atoms with Crippen molar-refractivity contribution in [1.82, 2.24) is 15.6 Å². The van der Waals surface area contributed by atoms with Gasteiger partial charge in [-0.05, 0) is 39.8 Å². The molecular formula is C16H21N3O4S. The molecule has 2 aromatic rings. The number of rotatable bonds is 5. The molecule has 2 N–H and O–H groups in total. The second kappa shape index (κ2) is 7.48. The van der Waals surface area contributed by atoms with Gasteiger partial charge < -0.3 is 19.8 Å². The molecule has 7 nitrogen and oxygen atoms in total. The first-order valence-corrected chi connectivity index (χ1v) is 8.34. The molecule has 0 aliphatic rings. The van der Waals surface area contributed by atoms with Gasteiger partial charge in [0.25, 0.3) is 5.91 Å². The summed E-state index contributed by atoms with van der Waals surface area (Å²) in [6, 6.07) is 3.57. The molecule has 130 valence electrons. The van der Waals surface area contributed by atoms with Crippen LogP contribution in [0.1, 0.15) is 36.1 Å². The predicted molar refractivity (Wildman–Crippen MR) is 91.1 cm³/mol. The maximum atomic E-state index is 12.2. The average molecular weight is 351 g/mol. The molecule has 2 heterocycles. The molecule has 8 heteroatoms. The third kappa shape index (κ3) is 5.09. The van der Waals surface area contributed by atoms with Crippen LogP contribution in [-0.2, 0) is 4.74 Å². The fourth-order valence-electron chi connectivity index (χ4n) is 1.85. The van der Waals surface area contributed by atoms with Crippen molar-refractivity contribution in [1.29, 1.82) is 0 Å². The number of aromatic nitrogens is 1. The van der Waals surface area contributed by atoms with E-state index in [9.17, 15) is 9.59 Å². The SMILES string of the molecule is Cc1sc(-c2ccco2)nc1C(=O)NCCNC(=O)OC(C)(C)C. The van der Waals surface area contributed by atoms with Crippen molar-refractivity contribution in [3.63, 3.8) is 0 Å². The van der Waals surface area contributed by atoms with Crippen LogP contribution in [0.4, 0.5) is 4.79 Å². The van der Waals surface area contributed by atoms with Crippen molar-refractivity contribution in [3.8, 4) is 10.8 Å². The number of alkyl carbamates (subject to hydrolysis) is 1. The summed E-state index contributed by atoms with van der Waals surface area (Å²) in [4.78, 5) is 28.8. The van der Waals surface area contributed by atoms with Crippen molar-refractivity contribution in [2.45, 2.75) is 33.3 Å². The normalized spacial score (nSPS) is 11.2. The highest BCUT2D eigenvalue weighted by atomic mass is 32.1. The van der Waals surface area contributed by atoms with Crippen molar-refractivity contribution in [3.05, 3.63) is 29.0 Å². The zero-order valence-electron chi connectivity index (χ0n) is 14.1. The number of hydrogen-bond donors (Lipinski definition) is 2. The summed E-state index contributed by atoms with van der Waals surface area (Å²) in [6.07, 6.45) is 1.05. The molecule has 0 saturated heterocycles. The van der Waals surface area contributed by atoms with Gasteiger partial charge in [-0.3, -0.25) is 4.79 Å². The molecule has 0 aliphatic carbocycles. The van der Waals surface area contributed by atoms with Crippen molar-refractivity contribution >= 4 is 23.3 Å². The Labute approximate surface area is 144 Å². The van der Waals surface area contributed by atoms with E-state index in [1.807, 2.05) is 6.92 Å². The Kier molecular flexibility index (Phi) is 5.61. The van der Waals surface area contributed by atoms with E-state index in [4.69, 9.17) is 9.15 Å². The molecular weight excluding hydrogens is 330 g/mol. The van der Waals surface area contributed by atoms with Gasteiger partial charge in [-0.2, -0.15) is 0 Å². The highest BCUT2D eigenvalue weighted by Gasteiger charge is 2.18. The van der Waals surface area contributed by atoms with Crippen LogP contribution >= 0.6 is 11.3 Å². The van der Waals surface area contributed by atoms with Gasteiger partial charge >= 0.3 is 6.09 Å². The molecule has 2 rings (SSSR count). The number of thiazole rings is 1. The van der Waals surface area contributed by atoms with Crippen LogP contribution in [-0.4, -0.2) is 35.7 Å². The summed E-state index contributed by atoms with van der Waals surface area (Å²) in [6.45, 7) is 7.75. The number of hydrogen-bond acceptors (Lipinski definition) is 6. The largest absolute Gasteiger partial charge is 0.462 e. The highest BCUT2D eigenvalue weighted by Crippen LogP contribution is 2.27. The smallest absolute Gasteiger partial charge is 0.407 e. The molecule has 24 heavy (non-hydrogen) atoms. The van der Waals surface area contributed by atoms with Gasteiger partial charge in [0.1, 0.15) is 11.3 Å². The van der Waals surface area contributed by atoms with Crippen LogP contribution in [0.3, 0.4) is 0 Å². The average Bonchev–Trinajstić information content (AvgIpc) is 3.10. The Morgan fingerprint density at radius 1 is 1.29 bits per heavy atom. The fraction of sp³-hybridized carbons (Fsp3) is 0.438. The maximum Gasteiger partial charge on any atom is 0.407 e. The maximum absolute atomic E-state index is 12.2. The molecule has 0 aliphatic heterocycles. The lowest BCUT2D eigenvalue weighted by molar-refractivity contribution is 0.0526. The number of aryl methyl sites for hydroxylation is 1. The Morgan fingerprint density at radius 2 is 2.00 bits per heavy atom. The fourth-order valence-corrected chi connectivity index (χ4v) is 2.73. The first-order valence-electron chi connectivity index (χ1n) is 7.52. The van der Waals surface area contributed by atoms with E-state index >= 15 is 0 Å². The lowest BCUT2D eigenvalue weighted by Gasteiger charge is -2.19. The number of carbonyl (C=O) groups is 2. The summed E-state index contributed by atoms with van der Waals surface area (Å²) >= 11 is 1.40. The Hall–Kier alpha value is -2.35. The third-order valence-electron chi connectivity index (χ3n) is 2.82. The van der Waals surface area contributed by atoms with Crippen LogP contribution in [0.5, 0.6) is 0 Å². The Balaban J connectivity index is 1.82. The van der Waals surface area contributed by atoms with E-state index in [0.29, 0.717) is 16.5 Å². The summed E-state index contributed by atoms with van der Waals surface area (Å²) < 4.78 is 10.4. The zero-order chi connectivity index (χ0) is 17.7. The van der Waals surface area contributed by atoms with Crippen molar-refractivity contribution in [2.24, 2.45) is 0 Å². The van der Waals surface area contributed by atoms with Crippen LogP contribution in [0.2, 0.25) is 0 Å². The Morgan fingerprint density at radius 3 is 2.62 bits per heavy atom. The molecule has 0 atom stereocenters. The third-order valence-corrected chi connectivity index (χ3v) is 3.81. The molecule has 2 amide bonds. The minimum atomic E-state index is -0.548. The molecule has 0 fully saturated rings. The van der Waals surface area contributed by atoms with Crippen molar-refractivity contribution < 1.29 is 18.7 Å². The van der Waals surface area contributed by atoms with E-state index in [0.717, 1.165) is 4.88 Å². The number of amides is 2. The van der Waals surface area contributed by atoms with Crippen LogP contribution in [0.25, 0.3) is 10.8 Å². The van der Waals surface area contributed by atoms with Crippen LogP contribution in [0, 0.1) is 6.92 Å². The van der Waals surface area contributed by atoms with E-state index in [-0.39, 0.29) is 19.0 Å². The van der Waals surface area contributed by atoms with Gasteiger partial charge in [0.2, 0.25) is 0 Å². The number of nitrogens with one attached hydrogen (secondary N) is 2. The first kappa shape index (κ1) is 18.0. The molecule has 0 aromatic carbocycles. The quantitative estimate of drug-likeness (QED) is 0.808. The highest BCUT2D eigenvalue weighted by molar-refractivity contribution is 7.15. The lowest BCUT2D eigenvalue weighted by Crippen LogP contribution is -2.38. The standard InChI is InChI=1S/C16H21N3O4S/c1-10-12(19-14(24-10)11-6-5-9-22-11)13(20)17-7-8-18-15(21)23-16(2,3)4/h5-6,9H,7-8H2,1-4H3,(H,17,20)(H,18,21). The number of carbonyl (C=O) groups excluding carboxylic acids is 2. The summed E-state index contributed by atoms with van der Waals surface area (Å²) in [7, 11) is 0. The topological polar surface area (TPSA) is 93.5 Å². The molecule has 0 saturated carbocycles. The number of ether oxygens (including phenoxy) is 1. The van der Waals surface area contributed by atoms with Gasteiger partial charge in [0, 0.05) is 18.0 Å². The van der Waals surface area contributed by atoms with E-state index in [2.05, 4.69) is 15.6 Å². The predicted octanol–water partition coefficient (Wildman–Crippen LogP) is 2.97. The molecule has 2 aromatic heterocycles. The Bertz CT molecular complexity index is 701. The monoisotopic (exact) mass is 351 g/mol. The summed E-state index contributed by atoms with van der Waals surface area (Å²) in [5.41, 5.74) is -0.184. The van der Waals surface area contributed by atoms with E-state index in [1.54, 1.807) is 39.2 Å². The minimum absolute atomic E-state index is 0.273. The van der Waals surface area contributed by atoms with Gasteiger partial charge in [-0.25, -0.2) is 9.78 Å². The van der Waals surface area contributed by atoms with E-state index < -0.39 is 11.7 Å². The second-order valence-electron chi connectivity index (χ2n) is 6.09. The van der Waals surface area contributed by atoms with Crippen molar-refractivity contribution in [2.75, 3.05) is 13.1 Å². The second-order valence-corrected chi connectivity index (χ2v) is 7.29. The van der Waals surface area contributed by atoms with Gasteiger partial charge in [-0.1, -0.05) is 0 Å². The molecule has 0 unspecified atom stereocenters. The van der Waals surface area contributed by atoms with Crippen LogP contribution < -0.4 is 10.6 Å². The first-order chi connectivity index (χ1) is 11.3. The summed E-state index contributed by atoms with van der Waals surface area (Å²) in [5.74, 6) is 0.348. The van der Waals surface area contributed by atoms with Gasteiger partial charge in [0.05, 0.1) is 6.26 Å². The van der Waals surface area contributed by atoms with Crippen LogP contribution in [0.15, 0.2) is 22.8 Å². The number of nitrogens with zero attached hydrogens (tertiary/aromatic N) is 1. The van der Waals surface area contributed by atoms with Gasteiger partial charge in [0.15, 0.2) is 10.8 Å². The number of furan rings is 1. The zero-order valence-corrected chi connectivity index (χ0v) is 15.0. The molecule has 0 bridgehead atoms. The minimum Gasteiger partial charge on any atom is -0.462 e. The summed E-state index contributed by atoms with van der Waals surface area (Å²) in [5, 5.41) is 5.96. The molecule has 0 spiro atoms. The lowest BCUT2D eigenvalue weighted by atomic mass is 10.2. The molecule has 0 radical (unpaired) electrons. The van der Waals surface area contributed by atoms with Gasteiger partial charge in [-0.15, -0.1) is 11.3 Å².